The third kappa shape index (κ3) is 3.20. The van der Waals surface area contributed by atoms with E-state index in [4.69, 9.17) is 10.5 Å². The van der Waals surface area contributed by atoms with Crippen LogP contribution in [0.2, 0.25) is 0 Å². The maximum Gasteiger partial charge on any atom is 0.121 e. The summed E-state index contributed by atoms with van der Waals surface area (Å²) < 4.78 is 6.30. The van der Waals surface area contributed by atoms with Crippen LogP contribution in [-0.4, -0.2) is 7.11 Å². The molecule has 0 amide bonds. The number of methoxy groups -OCH3 is 1. The van der Waals surface area contributed by atoms with Gasteiger partial charge >= 0.3 is 0 Å². The minimum absolute atomic E-state index is 0.700. The summed E-state index contributed by atoms with van der Waals surface area (Å²) in [5.74, 6) is 0.784. The Morgan fingerprint density at radius 1 is 1.16 bits per heavy atom. The highest BCUT2D eigenvalue weighted by Gasteiger charge is 2.06. The van der Waals surface area contributed by atoms with E-state index in [0.29, 0.717) is 5.69 Å². The molecule has 4 heteroatoms. The van der Waals surface area contributed by atoms with Crippen LogP contribution < -0.4 is 15.8 Å². The Kier molecular flexibility index (Phi) is 4.32. The number of nitrogens with two attached hydrogens (primary N) is 1. The lowest BCUT2D eigenvalue weighted by molar-refractivity contribution is 0.415. The molecule has 0 bridgehead atoms. The fourth-order valence-corrected chi connectivity index (χ4v) is 2.30. The minimum atomic E-state index is 0.700. The second kappa shape index (κ2) is 5.97. The standard InChI is InChI=1S/C15H17BrN2O/c1-3-10-8-11(16)4-7-14(10)18-15-9-12(19-2)5-6-13(15)17/h4-9,18H,3,17H2,1-2H3. The Hall–Kier alpha value is -1.68. The van der Waals surface area contributed by atoms with Gasteiger partial charge in [0.2, 0.25) is 0 Å². The van der Waals surface area contributed by atoms with E-state index in [2.05, 4.69) is 34.2 Å². The summed E-state index contributed by atoms with van der Waals surface area (Å²) in [7, 11) is 1.65. The van der Waals surface area contributed by atoms with Gasteiger partial charge in [-0.1, -0.05) is 22.9 Å². The van der Waals surface area contributed by atoms with Crippen LogP contribution in [0.25, 0.3) is 0 Å². The predicted molar refractivity (Wildman–Crippen MR) is 84.2 cm³/mol. The number of nitrogen functional groups attached to an aromatic ring is 1. The number of nitrogens with one attached hydrogen (secondary N) is 1. The van der Waals surface area contributed by atoms with Crippen LogP contribution in [0.4, 0.5) is 17.1 Å². The molecule has 2 aromatic carbocycles. The van der Waals surface area contributed by atoms with E-state index in [0.717, 1.165) is 28.0 Å². The molecule has 3 nitrogen and oxygen atoms in total. The molecule has 0 heterocycles. The predicted octanol–water partition coefficient (Wildman–Crippen LogP) is 4.35. The van der Waals surface area contributed by atoms with Gasteiger partial charge in [0.1, 0.15) is 5.75 Å². The first-order chi connectivity index (χ1) is 9.13. The molecule has 0 aliphatic rings. The second-order valence-electron chi connectivity index (χ2n) is 4.23. The first-order valence-electron chi connectivity index (χ1n) is 6.13. The number of hydrogen-bond donors (Lipinski definition) is 2. The number of hydrogen-bond acceptors (Lipinski definition) is 3. The van der Waals surface area contributed by atoms with E-state index in [1.54, 1.807) is 7.11 Å². The van der Waals surface area contributed by atoms with Crippen LogP contribution in [0.1, 0.15) is 12.5 Å². The molecule has 2 rings (SSSR count). The molecule has 0 fully saturated rings. The van der Waals surface area contributed by atoms with Gasteiger partial charge in [0, 0.05) is 16.2 Å². The number of benzene rings is 2. The topological polar surface area (TPSA) is 47.3 Å². The highest BCUT2D eigenvalue weighted by atomic mass is 79.9. The average Bonchev–Trinajstić information content (AvgIpc) is 2.43. The lowest BCUT2D eigenvalue weighted by Gasteiger charge is -2.14. The van der Waals surface area contributed by atoms with Crippen LogP contribution in [-0.2, 0) is 6.42 Å². The Labute approximate surface area is 121 Å². The van der Waals surface area contributed by atoms with E-state index in [9.17, 15) is 0 Å². The van der Waals surface area contributed by atoms with E-state index in [1.165, 1.54) is 5.56 Å². The molecule has 19 heavy (non-hydrogen) atoms. The first kappa shape index (κ1) is 13.7. The van der Waals surface area contributed by atoms with Crippen LogP contribution in [0, 0.1) is 0 Å². The maximum absolute atomic E-state index is 5.99. The third-order valence-electron chi connectivity index (χ3n) is 2.98. The van der Waals surface area contributed by atoms with E-state index >= 15 is 0 Å². The zero-order chi connectivity index (χ0) is 13.8. The lowest BCUT2D eigenvalue weighted by atomic mass is 10.1. The smallest absolute Gasteiger partial charge is 0.121 e. The molecule has 0 aromatic heterocycles. The van der Waals surface area contributed by atoms with Crippen molar-refractivity contribution in [2.24, 2.45) is 0 Å². The third-order valence-corrected chi connectivity index (χ3v) is 3.47. The summed E-state index contributed by atoms with van der Waals surface area (Å²) in [5.41, 5.74) is 9.84. The van der Waals surface area contributed by atoms with Gasteiger partial charge in [0.25, 0.3) is 0 Å². The van der Waals surface area contributed by atoms with Crippen LogP contribution in [0.15, 0.2) is 40.9 Å². The summed E-state index contributed by atoms with van der Waals surface area (Å²) in [6.45, 7) is 2.13. The molecule has 0 radical (unpaired) electrons. The molecular formula is C15H17BrN2O. The number of halogens is 1. The zero-order valence-corrected chi connectivity index (χ0v) is 12.6. The van der Waals surface area contributed by atoms with Crippen molar-refractivity contribution in [1.82, 2.24) is 0 Å². The van der Waals surface area contributed by atoms with Crippen molar-refractivity contribution in [1.29, 1.82) is 0 Å². The molecule has 0 unspecified atom stereocenters. The molecule has 0 aliphatic heterocycles. The van der Waals surface area contributed by atoms with Gasteiger partial charge in [-0.3, -0.25) is 0 Å². The SMILES string of the molecule is CCc1cc(Br)ccc1Nc1cc(OC)ccc1N. The highest BCUT2D eigenvalue weighted by molar-refractivity contribution is 9.10. The molecule has 3 N–H and O–H groups in total. The molecule has 100 valence electrons. The number of aryl methyl sites for hydroxylation is 1. The van der Waals surface area contributed by atoms with Crippen molar-refractivity contribution in [2.45, 2.75) is 13.3 Å². The quantitative estimate of drug-likeness (QED) is 0.823. The summed E-state index contributed by atoms with van der Waals surface area (Å²) in [6.07, 6.45) is 0.950. The van der Waals surface area contributed by atoms with Gasteiger partial charge in [0.05, 0.1) is 18.5 Å². The fraction of sp³-hybridized carbons (Fsp3) is 0.200. The van der Waals surface area contributed by atoms with Gasteiger partial charge in [-0.15, -0.1) is 0 Å². The molecular weight excluding hydrogens is 304 g/mol. The van der Waals surface area contributed by atoms with Crippen molar-refractivity contribution in [3.05, 3.63) is 46.4 Å². The normalized spacial score (nSPS) is 10.3. The summed E-state index contributed by atoms with van der Waals surface area (Å²) >= 11 is 3.49. The Bertz CT molecular complexity index is 584. The first-order valence-corrected chi connectivity index (χ1v) is 6.92. The molecule has 0 saturated heterocycles. The van der Waals surface area contributed by atoms with Crippen LogP contribution in [0.3, 0.4) is 0 Å². The Morgan fingerprint density at radius 2 is 1.95 bits per heavy atom. The van der Waals surface area contributed by atoms with Crippen molar-refractivity contribution in [3.8, 4) is 5.75 Å². The Balaban J connectivity index is 2.35. The fourth-order valence-electron chi connectivity index (χ4n) is 1.89. The summed E-state index contributed by atoms with van der Waals surface area (Å²) in [6, 6.07) is 11.8. The van der Waals surface area contributed by atoms with Crippen LogP contribution in [0.5, 0.6) is 5.75 Å². The van der Waals surface area contributed by atoms with E-state index in [-0.39, 0.29) is 0 Å². The van der Waals surface area contributed by atoms with Gasteiger partial charge in [-0.25, -0.2) is 0 Å². The zero-order valence-electron chi connectivity index (χ0n) is 11.0. The monoisotopic (exact) mass is 320 g/mol. The molecule has 0 aliphatic carbocycles. The van der Waals surface area contributed by atoms with E-state index < -0.39 is 0 Å². The highest BCUT2D eigenvalue weighted by Crippen LogP contribution is 2.30. The molecule has 0 atom stereocenters. The maximum atomic E-state index is 5.99. The minimum Gasteiger partial charge on any atom is -0.497 e. The van der Waals surface area contributed by atoms with Gasteiger partial charge in [0.15, 0.2) is 0 Å². The van der Waals surface area contributed by atoms with Crippen molar-refractivity contribution < 1.29 is 4.74 Å². The number of anilines is 3. The van der Waals surface area contributed by atoms with Crippen molar-refractivity contribution in [2.75, 3.05) is 18.2 Å². The van der Waals surface area contributed by atoms with E-state index in [1.807, 2.05) is 30.3 Å². The summed E-state index contributed by atoms with van der Waals surface area (Å²) in [5, 5.41) is 3.37. The van der Waals surface area contributed by atoms with Gasteiger partial charge < -0.3 is 15.8 Å². The number of rotatable bonds is 4. The largest absolute Gasteiger partial charge is 0.497 e. The molecule has 2 aromatic rings. The molecule has 0 saturated carbocycles. The Morgan fingerprint density at radius 3 is 2.63 bits per heavy atom. The van der Waals surface area contributed by atoms with Gasteiger partial charge in [-0.05, 0) is 42.3 Å². The van der Waals surface area contributed by atoms with Gasteiger partial charge in [-0.2, -0.15) is 0 Å². The van der Waals surface area contributed by atoms with Crippen LogP contribution >= 0.6 is 15.9 Å². The summed E-state index contributed by atoms with van der Waals surface area (Å²) in [4.78, 5) is 0. The van der Waals surface area contributed by atoms with Crippen molar-refractivity contribution >= 4 is 33.0 Å². The molecule has 0 spiro atoms. The van der Waals surface area contributed by atoms with Crippen molar-refractivity contribution in [3.63, 3.8) is 0 Å². The second-order valence-corrected chi connectivity index (χ2v) is 5.15. The lowest BCUT2D eigenvalue weighted by Crippen LogP contribution is -1.99. The average molecular weight is 321 g/mol. The number of ether oxygens (including phenoxy) is 1.